The van der Waals surface area contributed by atoms with Gasteiger partial charge in [-0.05, 0) is 37.6 Å². The number of carbonyl (C=O) groups excluding carboxylic acids is 1. The first-order chi connectivity index (χ1) is 12.0. The van der Waals surface area contributed by atoms with Crippen molar-refractivity contribution in [1.82, 2.24) is 14.8 Å². The van der Waals surface area contributed by atoms with Crippen LogP contribution in [0.1, 0.15) is 24.4 Å². The number of nitrogens with zero attached hydrogens (tertiary/aromatic N) is 3. The zero-order valence-corrected chi connectivity index (χ0v) is 15.9. The van der Waals surface area contributed by atoms with E-state index in [1.165, 1.54) is 18.9 Å². The minimum Gasteiger partial charge on any atom is -0.483 e. The van der Waals surface area contributed by atoms with Crippen molar-refractivity contribution in [3.8, 4) is 5.75 Å². The highest BCUT2D eigenvalue weighted by Gasteiger charge is 2.20. The average molecular weight is 382 g/mol. The van der Waals surface area contributed by atoms with Crippen LogP contribution in [-0.2, 0) is 16.1 Å². The Morgan fingerprint density at radius 3 is 2.88 bits per heavy atom. The van der Waals surface area contributed by atoms with Crippen LogP contribution in [-0.4, -0.2) is 33.6 Å². The molecule has 0 N–H and O–H groups in total. The Bertz CT molecular complexity index is 764. The van der Waals surface area contributed by atoms with E-state index in [-0.39, 0.29) is 17.8 Å². The highest BCUT2D eigenvalue weighted by molar-refractivity contribution is 7.99. The van der Waals surface area contributed by atoms with Crippen LogP contribution >= 0.6 is 23.4 Å². The molecule has 1 atom stereocenters. The largest absolute Gasteiger partial charge is 0.483 e. The summed E-state index contributed by atoms with van der Waals surface area (Å²) in [7, 11) is 1.35. The molecule has 0 spiro atoms. The van der Waals surface area contributed by atoms with Crippen molar-refractivity contribution in [1.29, 1.82) is 0 Å². The molecule has 0 aliphatic rings. The summed E-state index contributed by atoms with van der Waals surface area (Å²) in [4.78, 5) is 11.3. The van der Waals surface area contributed by atoms with E-state index in [2.05, 4.69) is 21.5 Å². The van der Waals surface area contributed by atoms with Gasteiger partial charge in [0.25, 0.3) is 0 Å². The Kier molecular flexibility index (Phi) is 6.90. The fraction of sp³-hybridized carbons (Fsp3) is 0.353. The Hall–Kier alpha value is -1.99. The molecular weight excluding hydrogens is 362 g/mol. The van der Waals surface area contributed by atoms with Gasteiger partial charge in [-0.15, -0.1) is 16.8 Å². The highest BCUT2D eigenvalue weighted by atomic mass is 35.5. The first kappa shape index (κ1) is 19.3. The number of thioether (sulfide) groups is 1. The summed E-state index contributed by atoms with van der Waals surface area (Å²) in [5.41, 5.74) is 0.938. The quantitative estimate of drug-likeness (QED) is 0.393. The minimum atomic E-state index is -0.333. The lowest BCUT2D eigenvalue weighted by Gasteiger charge is -2.16. The van der Waals surface area contributed by atoms with Gasteiger partial charge in [-0.25, -0.2) is 0 Å². The third-order valence-electron chi connectivity index (χ3n) is 3.41. The lowest BCUT2D eigenvalue weighted by atomic mass is 10.2. The van der Waals surface area contributed by atoms with Crippen LogP contribution < -0.4 is 4.74 Å². The van der Waals surface area contributed by atoms with E-state index in [1.807, 2.05) is 30.5 Å². The zero-order valence-electron chi connectivity index (χ0n) is 14.4. The Morgan fingerprint density at radius 2 is 2.24 bits per heavy atom. The summed E-state index contributed by atoms with van der Waals surface area (Å²) in [6.45, 7) is 8.08. The minimum absolute atomic E-state index is 0.164. The summed E-state index contributed by atoms with van der Waals surface area (Å²) in [5, 5.41) is 9.68. The topological polar surface area (TPSA) is 66.2 Å². The smallest absolute Gasteiger partial charge is 0.316 e. The van der Waals surface area contributed by atoms with Crippen molar-refractivity contribution in [3.05, 3.63) is 47.3 Å². The van der Waals surface area contributed by atoms with Crippen LogP contribution in [0.15, 0.2) is 36.0 Å². The number of hydrogen-bond donors (Lipinski definition) is 0. The maximum atomic E-state index is 11.3. The summed E-state index contributed by atoms with van der Waals surface area (Å²) in [6.07, 6.45) is 1.41. The number of ether oxygens (including phenoxy) is 2. The number of methoxy groups -OCH3 is 1. The molecule has 0 saturated carbocycles. The van der Waals surface area contributed by atoms with Gasteiger partial charge >= 0.3 is 5.97 Å². The van der Waals surface area contributed by atoms with Crippen LogP contribution in [0.25, 0.3) is 0 Å². The number of aryl methyl sites for hydroxylation is 1. The van der Waals surface area contributed by atoms with Crippen LogP contribution in [0.4, 0.5) is 0 Å². The second-order valence-electron chi connectivity index (χ2n) is 5.28. The number of aromatic nitrogens is 3. The van der Waals surface area contributed by atoms with E-state index < -0.39 is 0 Å². The molecule has 2 aromatic rings. The van der Waals surface area contributed by atoms with E-state index in [0.29, 0.717) is 28.3 Å². The number of carbonyl (C=O) groups is 1. The van der Waals surface area contributed by atoms with Gasteiger partial charge in [-0.1, -0.05) is 29.4 Å². The predicted octanol–water partition coefficient (Wildman–Crippen LogP) is 3.83. The lowest BCUT2D eigenvalue weighted by molar-refractivity contribution is -0.137. The number of hydrogen-bond acceptors (Lipinski definition) is 6. The number of halogens is 1. The molecule has 1 aromatic carbocycles. The lowest BCUT2D eigenvalue weighted by Crippen LogP contribution is -2.13. The third-order valence-corrected chi connectivity index (χ3v) is 4.77. The molecule has 1 aromatic heterocycles. The molecule has 1 unspecified atom stereocenters. The standard InChI is InChI=1S/C17H20ClN3O3S/c1-5-8-21-16(19-20-17(21)25-10-15(22)23-4)12(3)24-13-6-7-14(18)11(2)9-13/h5-7,9,12H,1,8,10H2,2-4H3. The molecule has 0 fully saturated rings. The predicted molar refractivity (Wildman–Crippen MR) is 98.2 cm³/mol. The number of benzene rings is 1. The normalized spacial score (nSPS) is 11.8. The Labute approximate surface area is 156 Å². The van der Waals surface area contributed by atoms with Crippen LogP contribution in [0, 0.1) is 6.92 Å². The maximum Gasteiger partial charge on any atom is 0.316 e. The van der Waals surface area contributed by atoms with Gasteiger partial charge in [-0.2, -0.15) is 0 Å². The molecule has 8 heteroatoms. The van der Waals surface area contributed by atoms with Crippen molar-refractivity contribution < 1.29 is 14.3 Å². The van der Waals surface area contributed by atoms with Crippen LogP contribution in [0.3, 0.4) is 0 Å². The van der Waals surface area contributed by atoms with Crippen LogP contribution in [0.5, 0.6) is 5.75 Å². The molecule has 0 radical (unpaired) electrons. The van der Waals surface area contributed by atoms with E-state index in [9.17, 15) is 4.79 Å². The molecule has 0 aliphatic heterocycles. The maximum absolute atomic E-state index is 11.3. The van der Waals surface area contributed by atoms with Crippen molar-refractivity contribution in [2.45, 2.75) is 31.7 Å². The SMILES string of the molecule is C=CCn1c(SCC(=O)OC)nnc1C(C)Oc1ccc(Cl)c(C)c1. The molecule has 0 amide bonds. The van der Waals surface area contributed by atoms with Gasteiger partial charge < -0.3 is 9.47 Å². The van der Waals surface area contributed by atoms with Crippen molar-refractivity contribution in [2.24, 2.45) is 0 Å². The van der Waals surface area contributed by atoms with E-state index in [4.69, 9.17) is 16.3 Å². The zero-order chi connectivity index (χ0) is 18.4. The van der Waals surface area contributed by atoms with E-state index >= 15 is 0 Å². The fourth-order valence-corrected chi connectivity index (χ4v) is 3.04. The first-order valence-electron chi connectivity index (χ1n) is 7.62. The van der Waals surface area contributed by atoms with Gasteiger partial charge in [0.1, 0.15) is 5.75 Å². The summed E-state index contributed by atoms with van der Waals surface area (Å²) >= 11 is 7.31. The second kappa shape index (κ2) is 8.92. The third kappa shape index (κ3) is 4.99. The highest BCUT2D eigenvalue weighted by Crippen LogP contribution is 2.27. The summed E-state index contributed by atoms with van der Waals surface area (Å²) < 4.78 is 12.5. The first-order valence-corrected chi connectivity index (χ1v) is 8.99. The molecule has 6 nitrogen and oxygen atoms in total. The Morgan fingerprint density at radius 1 is 1.48 bits per heavy atom. The summed E-state index contributed by atoms with van der Waals surface area (Å²) in [6, 6.07) is 5.48. The molecule has 0 saturated heterocycles. The van der Waals surface area contributed by atoms with Crippen molar-refractivity contribution >= 4 is 29.3 Å². The molecule has 1 heterocycles. The number of allylic oxidation sites excluding steroid dienone is 1. The van der Waals surface area contributed by atoms with Gasteiger partial charge in [0.15, 0.2) is 17.1 Å². The molecule has 2 rings (SSSR count). The van der Waals surface area contributed by atoms with Crippen LogP contribution in [0.2, 0.25) is 5.02 Å². The molecule has 134 valence electrons. The average Bonchev–Trinajstić information content (AvgIpc) is 2.99. The Balaban J connectivity index is 2.18. The second-order valence-corrected chi connectivity index (χ2v) is 6.63. The summed E-state index contributed by atoms with van der Waals surface area (Å²) in [5.74, 6) is 1.20. The van der Waals surface area contributed by atoms with Crippen molar-refractivity contribution in [2.75, 3.05) is 12.9 Å². The van der Waals surface area contributed by atoms with Gasteiger partial charge in [0.2, 0.25) is 0 Å². The molecule has 0 bridgehead atoms. The van der Waals surface area contributed by atoms with Gasteiger partial charge in [0, 0.05) is 11.6 Å². The fourth-order valence-electron chi connectivity index (χ4n) is 2.14. The number of esters is 1. The van der Waals surface area contributed by atoms with Gasteiger partial charge in [-0.3, -0.25) is 9.36 Å². The van der Waals surface area contributed by atoms with E-state index in [0.717, 1.165) is 5.56 Å². The van der Waals surface area contributed by atoms with Gasteiger partial charge in [0.05, 0.1) is 12.9 Å². The molecule has 25 heavy (non-hydrogen) atoms. The number of rotatable bonds is 8. The molecular formula is C17H20ClN3O3S. The molecule has 0 aliphatic carbocycles. The monoisotopic (exact) mass is 381 g/mol. The van der Waals surface area contributed by atoms with E-state index in [1.54, 1.807) is 12.1 Å². The van der Waals surface area contributed by atoms with Crippen molar-refractivity contribution in [3.63, 3.8) is 0 Å².